The lowest BCUT2D eigenvalue weighted by atomic mass is 9.96. The molecule has 2 aliphatic rings. The zero-order valence-electron chi connectivity index (χ0n) is 13.4. The van der Waals surface area contributed by atoms with E-state index in [4.69, 9.17) is 5.10 Å². The Balaban J connectivity index is 1.58. The van der Waals surface area contributed by atoms with Crippen LogP contribution in [0.25, 0.3) is 0 Å². The van der Waals surface area contributed by atoms with Crippen molar-refractivity contribution in [3.8, 4) is 0 Å². The minimum atomic E-state index is 0.646. The number of hydrogen-bond donors (Lipinski definition) is 1. The highest BCUT2D eigenvalue weighted by Gasteiger charge is 2.19. The summed E-state index contributed by atoms with van der Waals surface area (Å²) < 4.78 is 2.24. The summed E-state index contributed by atoms with van der Waals surface area (Å²) in [6.45, 7) is 6.80. The predicted molar refractivity (Wildman–Crippen MR) is 86.3 cm³/mol. The fourth-order valence-corrected chi connectivity index (χ4v) is 3.73. The maximum atomic E-state index is 4.86. The zero-order valence-corrected chi connectivity index (χ0v) is 13.4. The average molecular weight is 290 g/mol. The predicted octanol–water partition coefficient (Wildman–Crippen LogP) is 2.96. The lowest BCUT2D eigenvalue weighted by Gasteiger charge is -2.23. The Kier molecular flexibility index (Phi) is 5.31. The molecule has 0 aromatic carbocycles. The molecule has 1 atom stereocenters. The van der Waals surface area contributed by atoms with E-state index in [-0.39, 0.29) is 0 Å². The Hall–Kier alpha value is -0.870. The van der Waals surface area contributed by atoms with Gasteiger partial charge in [-0.15, -0.1) is 0 Å². The molecule has 0 spiro atoms. The largest absolute Gasteiger partial charge is 0.313 e. The standard InChI is InChI=1S/C17H30N4/c1-2-15-13-20(11-6-10-18-15)14-16-9-12-21(19-16)17-7-4-3-5-8-17/h9,12,15,17-18H,2-8,10-11,13-14H2,1H3. The topological polar surface area (TPSA) is 33.1 Å². The monoisotopic (exact) mass is 290 g/mol. The SMILES string of the molecule is CCC1CN(Cc2ccn(C3CCCCC3)n2)CCCN1. The summed E-state index contributed by atoms with van der Waals surface area (Å²) in [5.74, 6) is 0. The van der Waals surface area contributed by atoms with Gasteiger partial charge in [0.1, 0.15) is 0 Å². The van der Waals surface area contributed by atoms with Crippen molar-refractivity contribution in [2.75, 3.05) is 19.6 Å². The van der Waals surface area contributed by atoms with E-state index in [0.717, 1.165) is 19.6 Å². The Morgan fingerprint density at radius 2 is 2.10 bits per heavy atom. The van der Waals surface area contributed by atoms with Crippen LogP contribution >= 0.6 is 0 Å². The molecule has 2 heterocycles. The molecule has 0 bridgehead atoms. The van der Waals surface area contributed by atoms with Gasteiger partial charge in [0.15, 0.2) is 0 Å². The van der Waals surface area contributed by atoms with Crippen LogP contribution in [-0.2, 0) is 6.54 Å². The first-order chi connectivity index (χ1) is 10.3. The molecule has 1 N–H and O–H groups in total. The number of hydrogen-bond acceptors (Lipinski definition) is 3. The summed E-state index contributed by atoms with van der Waals surface area (Å²) in [6, 6.07) is 3.53. The van der Waals surface area contributed by atoms with Crippen molar-refractivity contribution in [3.05, 3.63) is 18.0 Å². The Labute approximate surface area is 128 Å². The van der Waals surface area contributed by atoms with Crippen molar-refractivity contribution in [1.82, 2.24) is 20.0 Å². The van der Waals surface area contributed by atoms with E-state index in [1.54, 1.807) is 0 Å². The van der Waals surface area contributed by atoms with Gasteiger partial charge in [-0.25, -0.2) is 0 Å². The normalized spacial score (nSPS) is 25.9. The minimum absolute atomic E-state index is 0.646. The van der Waals surface area contributed by atoms with E-state index >= 15 is 0 Å². The molecule has 1 aliphatic heterocycles. The van der Waals surface area contributed by atoms with Crippen LogP contribution in [0.5, 0.6) is 0 Å². The average Bonchev–Trinajstić information content (AvgIpc) is 2.87. The molecule has 1 unspecified atom stereocenters. The number of nitrogens with one attached hydrogen (secondary N) is 1. The highest BCUT2D eigenvalue weighted by atomic mass is 15.3. The third kappa shape index (κ3) is 4.07. The van der Waals surface area contributed by atoms with Crippen LogP contribution in [-0.4, -0.2) is 40.4 Å². The van der Waals surface area contributed by atoms with Crippen LogP contribution in [0.1, 0.15) is 63.6 Å². The third-order valence-electron chi connectivity index (χ3n) is 5.05. The van der Waals surface area contributed by atoms with E-state index in [2.05, 4.69) is 34.1 Å². The molecular formula is C17H30N4. The Morgan fingerprint density at radius 1 is 1.24 bits per heavy atom. The molecule has 1 aromatic rings. The molecule has 1 aromatic heterocycles. The van der Waals surface area contributed by atoms with Crippen molar-refractivity contribution in [3.63, 3.8) is 0 Å². The summed E-state index contributed by atoms with van der Waals surface area (Å²) >= 11 is 0. The van der Waals surface area contributed by atoms with Crippen molar-refractivity contribution in [2.24, 2.45) is 0 Å². The van der Waals surface area contributed by atoms with Gasteiger partial charge in [-0.3, -0.25) is 9.58 Å². The Bertz CT molecular complexity index is 422. The van der Waals surface area contributed by atoms with Gasteiger partial charge in [0.25, 0.3) is 0 Å². The summed E-state index contributed by atoms with van der Waals surface area (Å²) in [5, 5.41) is 8.50. The first kappa shape index (κ1) is 15.0. The van der Waals surface area contributed by atoms with Gasteiger partial charge in [-0.2, -0.15) is 5.10 Å². The fourth-order valence-electron chi connectivity index (χ4n) is 3.73. The lowest BCUT2D eigenvalue weighted by Crippen LogP contribution is -2.36. The molecule has 3 rings (SSSR count). The summed E-state index contributed by atoms with van der Waals surface area (Å²) in [7, 11) is 0. The number of aromatic nitrogens is 2. The molecule has 4 nitrogen and oxygen atoms in total. The summed E-state index contributed by atoms with van der Waals surface area (Å²) in [5.41, 5.74) is 1.25. The molecule has 2 fully saturated rings. The van der Waals surface area contributed by atoms with Crippen molar-refractivity contribution in [1.29, 1.82) is 0 Å². The van der Waals surface area contributed by atoms with Crippen LogP contribution in [0.3, 0.4) is 0 Å². The quantitative estimate of drug-likeness (QED) is 0.925. The minimum Gasteiger partial charge on any atom is -0.313 e. The van der Waals surface area contributed by atoms with Crippen molar-refractivity contribution < 1.29 is 0 Å². The van der Waals surface area contributed by atoms with Gasteiger partial charge in [-0.05, 0) is 44.8 Å². The van der Waals surface area contributed by atoms with Crippen LogP contribution in [0.2, 0.25) is 0 Å². The Morgan fingerprint density at radius 3 is 2.90 bits per heavy atom. The van der Waals surface area contributed by atoms with Gasteiger partial charge in [0.2, 0.25) is 0 Å². The second-order valence-corrected chi connectivity index (χ2v) is 6.73. The van der Waals surface area contributed by atoms with Gasteiger partial charge >= 0.3 is 0 Å². The number of nitrogens with zero attached hydrogens (tertiary/aromatic N) is 3. The van der Waals surface area contributed by atoms with Crippen molar-refractivity contribution >= 4 is 0 Å². The van der Waals surface area contributed by atoms with Crippen LogP contribution < -0.4 is 5.32 Å². The number of rotatable bonds is 4. The highest BCUT2D eigenvalue weighted by molar-refractivity contribution is 5.00. The van der Waals surface area contributed by atoms with Gasteiger partial charge in [0.05, 0.1) is 11.7 Å². The molecule has 4 heteroatoms. The molecule has 21 heavy (non-hydrogen) atoms. The third-order valence-corrected chi connectivity index (χ3v) is 5.05. The molecular weight excluding hydrogens is 260 g/mol. The zero-order chi connectivity index (χ0) is 14.5. The van der Waals surface area contributed by atoms with E-state index < -0.39 is 0 Å². The molecule has 1 saturated heterocycles. The second kappa shape index (κ2) is 7.41. The van der Waals surface area contributed by atoms with E-state index in [0.29, 0.717) is 12.1 Å². The van der Waals surface area contributed by atoms with E-state index in [9.17, 15) is 0 Å². The molecule has 1 saturated carbocycles. The van der Waals surface area contributed by atoms with E-state index in [1.165, 1.54) is 57.2 Å². The molecule has 118 valence electrons. The summed E-state index contributed by atoms with van der Waals surface area (Å²) in [6.07, 6.45) is 11.4. The summed E-state index contributed by atoms with van der Waals surface area (Å²) in [4.78, 5) is 2.57. The van der Waals surface area contributed by atoms with Crippen LogP contribution in [0.15, 0.2) is 12.3 Å². The maximum absolute atomic E-state index is 4.86. The fraction of sp³-hybridized carbons (Fsp3) is 0.824. The molecule has 0 amide bonds. The maximum Gasteiger partial charge on any atom is 0.0764 e. The van der Waals surface area contributed by atoms with Crippen LogP contribution in [0.4, 0.5) is 0 Å². The van der Waals surface area contributed by atoms with Gasteiger partial charge < -0.3 is 5.32 Å². The molecule has 1 aliphatic carbocycles. The second-order valence-electron chi connectivity index (χ2n) is 6.73. The first-order valence-electron chi connectivity index (χ1n) is 8.85. The van der Waals surface area contributed by atoms with Crippen molar-refractivity contribution in [2.45, 2.75) is 70.5 Å². The smallest absolute Gasteiger partial charge is 0.0764 e. The van der Waals surface area contributed by atoms with Gasteiger partial charge in [0, 0.05) is 25.3 Å². The van der Waals surface area contributed by atoms with E-state index in [1.807, 2.05) is 0 Å². The molecule has 0 radical (unpaired) electrons. The van der Waals surface area contributed by atoms with Crippen LogP contribution in [0, 0.1) is 0 Å². The van der Waals surface area contributed by atoms with Gasteiger partial charge in [-0.1, -0.05) is 26.2 Å². The first-order valence-corrected chi connectivity index (χ1v) is 8.85. The lowest BCUT2D eigenvalue weighted by molar-refractivity contribution is 0.251. The highest BCUT2D eigenvalue weighted by Crippen LogP contribution is 2.27.